The number of aromatic nitrogens is 1. The molecule has 0 amide bonds. The smallest absolute Gasteiger partial charge is 0.310 e. The molecule has 0 spiro atoms. The van der Waals surface area contributed by atoms with Crippen molar-refractivity contribution in [3.8, 4) is 0 Å². The van der Waals surface area contributed by atoms with Gasteiger partial charge in [0, 0.05) is 24.5 Å². The Morgan fingerprint density at radius 3 is 2.90 bits per heavy atom. The zero-order valence-corrected chi connectivity index (χ0v) is 13.1. The summed E-state index contributed by atoms with van der Waals surface area (Å²) in [7, 11) is 0. The summed E-state index contributed by atoms with van der Waals surface area (Å²) < 4.78 is 0. The predicted molar refractivity (Wildman–Crippen MR) is 83.2 cm³/mol. The van der Waals surface area contributed by atoms with Crippen molar-refractivity contribution in [1.29, 1.82) is 0 Å². The Kier molecular flexibility index (Phi) is 5.34. The maximum absolute atomic E-state index is 11.8. The molecule has 2 rings (SSSR count). The highest BCUT2D eigenvalue weighted by atomic mass is 16.4. The molecule has 0 aromatic carbocycles. The van der Waals surface area contributed by atoms with Gasteiger partial charge in [0.25, 0.3) is 0 Å². The van der Waals surface area contributed by atoms with Crippen LogP contribution < -0.4 is 0 Å². The van der Waals surface area contributed by atoms with Gasteiger partial charge in [0.1, 0.15) is 0 Å². The van der Waals surface area contributed by atoms with Crippen molar-refractivity contribution >= 4 is 5.97 Å². The third kappa shape index (κ3) is 4.03. The molecule has 0 bridgehead atoms. The first kappa shape index (κ1) is 16.0. The van der Waals surface area contributed by atoms with Crippen LogP contribution in [-0.2, 0) is 11.2 Å². The lowest BCUT2D eigenvalue weighted by atomic mass is 9.75. The van der Waals surface area contributed by atoms with Crippen molar-refractivity contribution < 1.29 is 9.90 Å². The van der Waals surface area contributed by atoms with E-state index in [9.17, 15) is 9.90 Å². The van der Waals surface area contributed by atoms with Crippen LogP contribution in [-0.4, -0.2) is 40.1 Å². The summed E-state index contributed by atoms with van der Waals surface area (Å²) in [5, 5.41) is 9.74. The van der Waals surface area contributed by atoms with Gasteiger partial charge in [-0.3, -0.25) is 14.7 Å². The van der Waals surface area contributed by atoms with Gasteiger partial charge in [-0.2, -0.15) is 0 Å². The average Bonchev–Trinajstić information content (AvgIpc) is 2.48. The van der Waals surface area contributed by atoms with Crippen LogP contribution in [0.4, 0.5) is 0 Å². The third-order valence-electron chi connectivity index (χ3n) is 4.60. The predicted octanol–water partition coefficient (Wildman–Crippen LogP) is 2.98. The molecule has 0 aliphatic carbocycles. The number of hydrogen-bond donors (Lipinski definition) is 1. The zero-order chi connectivity index (χ0) is 15.3. The lowest BCUT2D eigenvalue weighted by Gasteiger charge is -2.42. The molecular weight excluding hydrogens is 264 g/mol. The van der Waals surface area contributed by atoms with Gasteiger partial charge in [0.2, 0.25) is 0 Å². The van der Waals surface area contributed by atoms with E-state index in [4.69, 9.17) is 0 Å². The Morgan fingerprint density at radius 1 is 1.48 bits per heavy atom. The van der Waals surface area contributed by atoms with Crippen LogP contribution in [0.25, 0.3) is 0 Å². The molecule has 1 aliphatic rings. The van der Waals surface area contributed by atoms with Gasteiger partial charge < -0.3 is 5.11 Å². The summed E-state index contributed by atoms with van der Waals surface area (Å²) in [6.07, 6.45) is 6.06. The minimum absolute atomic E-state index is 0.416. The van der Waals surface area contributed by atoms with Crippen molar-refractivity contribution in [2.75, 3.05) is 13.1 Å². The van der Waals surface area contributed by atoms with Crippen LogP contribution in [0.1, 0.15) is 45.2 Å². The molecule has 0 radical (unpaired) electrons. The molecule has 1 aromatic heterocycles. The van der Waals surface area contributed by atoms with Gasteiger partial charge in [-0.25, -0.2) is 0 Å². The van der Waals surface area contributed by atoms with Crippen molar-refractivity contribution in [1.82, 2.24) is 9.88 Å². The first-order valence-electron chi connectivity index (χ1n) is 7.91. The zero-order valence-electron chi connectivity index (χ0n) is 13.1. The molecule has 0 saturated carbocycles. The lowest BCUT2D eigenvalue weighted by molar-refractivity contribution is -0.153. The van der Waals surface area contributed by atoms with E-state index in [2.05, 4.69) is 23.7 Å². The number of hydrogen-bond acceptors (Lipinski definition) is 3. The Bertz CT molecular complexity index is 461. The Labute approximate surface area is 127 Å². The SMILES string of the molecule is CC(C)N1CCC[C@](CCCc2ccccn2)(C(=O)O)C1. The van der Waals surface area contributed by atoms with Crippen molar-refractivity contribution in [3.63, 3.8) is 0 Å². The van der Waals surface area contributed by atoms with E-state index in [1.165, 1.54) is 0 Å². The van der Waals surface area contributed by atoms with E-state index in [1.807, 2.05) is 18.2 Å². The number of nitrogens with zero attached hydrogens (tertiary/aromatic N) is 2. The molecule has 4 heteroatoms. The lowest BCUT2D eigenvalue weighted by Crippen LogP contribution is -2.50. The van der Waals surface area contributed by atoms with Crippen LogP contribution in [0.3, 0.4) is 0 Å². The second-order valence-electron chi connectivity index (χ2n) is 6.43. The molecular formula is C17H26N2O2. The van der Waals surface area contributed by atoms with Crippen LogP contribution in [0.2, 0.25) is 0 Å². The highest BCUT2D eigenvalue weighted by molar-refractivity contribution is 5.75. The number of rotatable bonds is 6. The van der Waals surface area contributed by atoms with E-state index in [0.717, 1.165) is 44.3 Å². The second kappa shape index (κ2) is 7.03. The van der Waals surface area contributed by atoms with E-state index in [1.54, 1.807) is 6.20 Å². The van der Waals surface area contributed by atoms with E-state index >= 15 is 0 Å². The second-order valence-corrected chi connectivity index (χ2v) is 6.43. The Balaban J connectivity index is 1.97. The number of likely N-dealkylation sites (tertiary alicyclic amines) is 1. The normalized spacial score (nSPS) is 23.4. The fourth-order valence-electron chi connectivity index (χ4n) is 3.25. The molecule has 2 heterocycles. The van der Waals surface area contributed by atoms with Gasteiger partial charge in [0.15, 0.2) is 0 Å². The quantitative estimate of drug-likeness (QED) is 0.875. The monoisotopic (exact) mass is 290 g/mol. The van der Waals surface area contributed by atoms with Crippen molar-refractivity contribution in [2.24, 2.45) is 5.41 Å². The molecule has 0 unspecified atom stereocenters. The number of carboxylic acids is 1. The minimum atomic E-state index is -0.631. The molecule has 1 N–H and O–H groups in total. The topological polar surface area (TPSA) is 53.4 Å². The van der Waals surface area contributed by atoms with Crippen molar-refractivity contribution in [2.45, 2.75) is 52.0 Å². The molecule has 21 heavy (non-hydrogen) atoms. The van der Waals surface area contributed by atoms with Gasteiger partial charge in [-0.05, 0) is 64.6 Å². The number of pyridine rings is 1. The fraction of sp³-hybridized carbons (Fsp3) is 0.647. The summed E-state index contributed by atoms with van der Waals surface area (Å²) in [5.41, 5.74) is 0.478. The number of aliphatic carboxylic acids is 1. The Morgan fingerprint density at radius 2 is 2.29 bits per heavy atom. The summed E-state index contributed by atoms with van der Waals surface area (Å²) in [6, 6.07) is 6.31. The maximum atomic E-state index is 11.8. The summed E-state index contributed by atoms with van der Waals surface area (Å²) >= 11 is 0. The molecule has 1 fully saturated rings. The number of carbonyl (C=O) groups is 1. The highest BCUT2D eigenvalue weighted by Gasteiger charge is 2.42. The van der Waals surface area contributed by atoms with E-state index in [0.29, 0.717) is 12.6 Å². The van der Waals surface area contributed by atoms with E-state index in [-0.39, 0.29) is 0 Å². The summed E-state index contributed by atoms with van der Waals surface area (Å²) in [5.74, 6) is -0.631. The van der Waals surface area contributed by atoms with Gasteiger partial charge in [-0.1, -0.05) is 6.07 Å². The molecule has 1 aliphatic heterocycles. The van der Waals surface area contributed by atoms with Gasteiger partial charge in [-0.15, -0.1) is 0 Å². The number of carboxylic acid groups (broad SMARTS) is 1. The third-order valence-corrected chi connectivity index (χ3v) is 4.60. The first-order valence-corrected chi connectivity index (χ1v) is 7.91. The molecule has 116 valence electrons. The fourth-order valence-corrected chi connectivity index (χ4v) is 3.25. The van der Waals surface area contributed by atoms with Crippen LogP contribution in [0, 0.1) is 5.41 Å². The van der Waals surface area contributed by atoms with Crippen molar-refractivity contribution in [3.05, 3.63) is 30.1 Å². The molecule has 1 aromatic rings. The largest absolute Gasteiger partial charge is 0.481 e. The number of aryl methyl sites for hydroxylation is 1. The highest BCUT2D eigenvalue weighted by Crippen LogP contribution is 2.36. The average molecular weight is 290 g/mol. The Hall–Kier alpha value is -1.42. The first-order chi connectivity index (χ1) is 10.0. The number of piperidine rings is 1. The molecule has 1 atom stereocenters. The van der Waals surface area contributed by atoms with Crippen LogP contribution >= 0.6 is 0 Å². The summed E-state index contributed by atoms with van der Waals surface area (Å²) in [4.78, 5) is 18.5. The van der Waals surface area contributed by atoms with Gasteiger partial charge in [0.05, 0.1) is 5.41 Å². The summed E-state index contributed by atoms with van der Waals surface area (Å²) in [6.45, 7) is 5.99. The van der Waals surface area contributed by atoms with Crippen LogP contribution in [0.5, 0.6) is 0 Å². The molecule has 4 nitrogen and oxygen atoms in total. The standard InChI is InChI=1S/C17H26N2O2/c1-14(2)19-12-6-10-17(13-19,16(20)21)9-5-8-15-7-3-4-11-18-15/h3-4,7,11,14H,5-6,8-10,12-13H2,1-2H3,(H,20,21)/t17-/m0/s1. The van der Waals surface area contributed by atoms with Crippen LogP contribution in [0.15, 0.2) is 24.4 Å². The van der Waals surface area contributed by atoms with E-state index < -0.39 is 11.4 Å². The molecule has 1 saturated heterocycles. The minimum Gasteiger partial charge on any atom is -0.481 e. The maximum Gasteiger partial charge on any atom is 0.310 e. The van der Waals surface area contributed by atoms with Gasteiger partial charge >= 0.3 is 5.97 Å².